The van der Waals surface area contributed by atoms with E-state index in [4.69, 9.17) is 14.5 Å². The molecule has 3 aromatic carbocycles. The van der Waals surface area contributed by atoms with Crippen molar-refractivity contribution in [1.82, 2.24) is 9.55 Å². The van der Waals surface area contributed by atoms with Crippen LogP contribution in [0.4, 0.5) is 5.69 Å². The van der Waals surface area contributed by atoms with Crippen molar-refractivity contribution < 1.29 is 14.3 Å². The molecule has 6 heteroatoms. The Morgan fingerprint density at radius 2 is 1.72 bits per heavy atom. The number of imidazole rings is 1. The van der Waals surface area contributed by atoms with Crippen molar-refractivity contribution in [2.24, 2.45) is 0 Å². The van der Waals surface area contributed by atoms with Gasteiger partial charge in [0.05, 0.1) is 29.9 Å². The maximum Gasteiger partial charge on any atom is 0.227 e. The second-order valence-electron chi connectivity index (χ2n) is 9.12. The first kappa shape index (κ1) is 23.9. The Labute approximate surface area is 212 Å². The van der Waals surface area contributed by atoms with E-state index in [0.29, 0.717) is 26.2 Å². The SMILES string of the molecule is CCOc1ccccc1N1C[C@H](c2nc3ccccc3n2CCCOc2ccc(CC)cc2)CC1=O. The van der Waals surface area contributed by atoms with Gasteiger partial charge in [-0.05, 0) is 61.7 Å². The number of fused-ring (bicyclic) bond motifs is 1. The Bertz CT molecular complexity index is 1330. The van der Waals surface area contributed by atoms with Gasteiger partial charge in [0.25, 0.3) is 0 Å². The number of ether oxygens (including phenoxy) is 2. The largest absolute Gasteiger partial charge is 0.494 e. The lowest BCUT2D eigenvalue weighted by Crippen LogP contribution is -2.25. The minimum Gasteiger partial charge on any atom is -0.494 e. The van der Waals surface area contributed by atoms with Crippen molar-refractivity contribution in [3.8, 4) is 11.5 Å². The lowest BCUT2D eigenvalue weighted by atomic mass is 10.1. The van der Waals surface area contributed by atoms with Crippen molar-refractivity contribution in [2.45, 2.75) is 45.6 Å². The molecule has 5 rings (SSSR count). The van der Waals surface area contributed by atoms with E-state index in [1.807, 2.05) is 66.4 Å². The van der Waals surface area contributed by atoms with Gasteiger partial charge in [0.15, 0.2) is 0 Å². The summed E-state index contributed by atoms with van der Waals surface area (Å²) in [7, 11) is 0. The number of aryl methyl sites for hydroxylation is 2. The van der Waals surface area contributed by atoms with Crippen LogP contribution in [0.25, 0.3) is 11.0 Å². The lowest BCUT2D eigenvalue weighted by molar-refractivity contribution is -0.117. The predicted octanol–water partition coefficient (Wildman–Crippen LogP) is 5.99. The Balaban J connectivity index is 1.33. The summed E-state index contributed by atoms with van der Waals surface area (Å²) in [5, 5.41) is 0. The van der Waals surface area contributed by atoms with Crippen LogP contribution in [-0.2, 0) is 17.8 Å². The van der Waals surface area contributed by atoms with Gasteiger partial charge in [-0.2, -0.15) is 0 Å². The Hall–Kier alpha value is -3.80. The van der Waals surface area contributed by atoms with Gasteiger partial charge in [-0.15, -0.1) is 0 Å². The van der Waals surface area contributed by atoms with Crippen LogP contribution in [0.3, 0.4) is 0 Å². The minimum atomic E-state index is 0.0158. The third-order valence-electron chi connectivity index (χ3n) is 6.76. The molecule has 0 unspecified atom stereocenters. The number of hydrogen-bond acceptors (Lipinski definition) is 4. The molecule has 1 fully saturated rings. The molecule has 36 heavy (non-hydrogen) atoms. The molecule has 0 aliphatic carbocycles. The van der Waals surface area contributed by atoms with E-state index >= 15 is 0 Å². The van der Waals surface area contributed by atoms with Gasteiger partial charge in [-0.1, -0.05) is 43.3 Å². The summed E-state index contributed by atoms with van der Waals surface area (Å²) in [6.45, 7) is 6.66. The second kappa shape index (κ2) is 10.9. The van der Waals surface area contributed by atoms with E-state index in [0.717, 1.165) is 53.4 Å². The molecule has 1 aromatic heterocycles. The first-order valence-electron chi connectivity index (χ1n) is 12.9. The van der Waals surface area contributed by atoms with Gasteiger partial charge >= 0.3 is 0 Å². The quantitative estimate of drug-likeness (QED) is 0.260. The molecule has 1 saturated heterocycles. The van der Waals surface area contributed by atoms with Crippen LogP contribution in [0.5, 0.6) is 11.5 Å². The number of anilines is 1. The fourth-order valence-corrected chi connectivity index (χ4v) is 4.95. The Morgan fingerprint density at radius 3 is 2.53 bits per heavy atom. The summed E-state index contributed by atoms with van der Waals surface area (Å²) in [6, 6.07) is 24.3. The number of hydrogen-bond donors (Lipinski definition) is 0. The van der Waals surface area contributed by atoms with Gasteiger partial charge < -0.3 is 18.9 Å². The summed E-state index contributed by atoms with van der Waals surface area (Å²) < 4.78 is 14.1. The average Bonchev–Trinajstić information content (AvgIpc) is 3.48. The molecule has 1 aliphatic rings. The molecular formula is C30H33N3O3. The van der Waals surface area contributed by atoms with E-state index in [-0.39, 0.29) is 11.8 Å². The molecule has 0 radical (unpaired) electrons. The van der Waals surface area contributed by atoms with Crippen LogP contribution >= 0.6 is 0 Å². The Morgan fingerprint density at radius 1 is 0.944 bits per heavy atom. The van der Waals surface area contributed by atoms with Crippen LogP contribution in [-0.4, -0.2) is 35.2 Å². The van der Waals surface area contributed by atoms with Crippen LogP contribution < -0.4 is 14.4 Å². The van der Waals surface area contributed by atoms with E-state index in [1.54, 1.807) is 0 Å². The molecule has 0 spiro atoms. The van der Waals surface area contributed by atoms with Crippen molar-refractivity contribution in [3.05, 3.63) is 84.2 Å². The lowest BCUT2D eigenvalue weighted by Gasteiger charge is -2.20. The summed E-state index contributed by atoms with van der Waals surface area (Å²) in [5.41, 5.74) is 4.20. The molecule has 4 aromatic rings. The van der Waals surface area contributed by atoms with E-state index < -0.39 is 0 Å². The fourth-order valence-electron chi connectivity index (χ4n) is 4.95. The third kappa shape index (κ3) is 4.94. The zero-order valence-corrected chi connectivity index (χ0v) is 21.0. The van der Waals surface area contributed by atoms with Gasteiger partial charge in [0.1, 0.15) is 17.3 Å². The molecule has 6 nitrogen and oxygen atoms in total. The first-order valence-corrected chi connectivity index (χ1v) is 12.9. The molecule has 0 saturated carbocycles. The highest BCUT2D eigenvalue weighted by Crippen LogP contribution is 2.37. The highest BCUT2D eigenvalue weighted by molar-refractivity contribution is 5.97. The maximum atomic E-state index is 13.1. The number of aromatic nitrogens is 2. The number of para-hydroxylation sites is 4. The highest BCUT2D eigenvalue weighted by atomic mass is 16.5. The van der Waals surface area contributed by atoms with Gasteiger partial charge in [-0.3, -0.25) is 4.79 Å². The van der Waals surface area contributed by atoms with Gasteiger partial charge in [-0.25, -0.2) is 4.98 Å². The topological polar surface area (TPSA) is 56.6 Å². The predicted molar refractivity (Wildman–Crippen MR) is 143 cm³/mol. The smallest absolute Gasteiger partial charge is 0.227 e. The number of nitrogens with zero attached hydrogens (tertiary/aromatic N) is 3. The first-order chi connectivity index (χ1) is 17.7. The van der Waals surface area contributed by atoms with Gasteiger partial charge in [0, 0.05) is 25.4 Å². The summed E-state index contributed by atoms with van der Waals surface area (Å²) in [5.74, 6) is 2.72. The van der Waals surface area contributed by atoms with Crippen molar-refractivity contribution in [2.75, 3.05) is 24.7 Å². The Kier molecular flexibility index (Phi) is 7.21. The molecule has 1 atom stereocenters. The number of rotatable bonds is 10. The monoisotopic (exact) mass is 483 g/mol. The van der Waals surface area contributed by atoms with Crippen molar-refractivity contribution >= 4 is 22.6 Å². The molecule has 2 heterocycles. The van der Waals surface area contributed by atoms with E-state index in [9.17, 15) is 4.79 Å². The zero-order valence-electron chi connectivity index (χ0n) is 21.0. The standard InChI is InChI=1S/C30H33N3O3/c1-3-22-14-16-24(17-15-22)36-19-9-18-32-26-11-6-5-10-25(26)31-30(32)23-20-29(34)33(21-23)27-12-7-8-13-28(27)35-4-2/h5-8,10-17,23H,3-4,9,18-21H2,1-2H3/t23-/m1/s1. The van der Waals surface area contributed by atoms with Crippen molar-refractivity contribution in [1.29, 1.82) is 0 Å². The molecule has 1 aliphatic heterocycles. The summed E-state index contributed by atoms with van der Waals surface area (Å²) >= 11 is 0. The number of amides is 1. The normalized spacial score (nSPS) is 15.6. The van der Waals surface area contributed by atoms with Crippen LogP contribution in [0.1, 0.15) is 44.0 Å². The summed E-state index contributed by atoms with van der Waals surface area (Å²) in [4.78, 5) is 20.0. The van der Waals surface area contributed by atoms with Gasteiger partial charge in [0.2, 0.25) is 5.91 Å². The second-order valence-corrected chi connectivity index (χ2v) is 9.12. The van der Waals surface area contributed by atoms with Crippen LogP contribution in [0.15, 0.2) is 72.8 Å². The number of benzene rings is 3. The van der Waals surface area contributed by atoms with E-state index in [2.05, 4.69) is 29.7 Å². The van der Waals surface area contributed by atoms with E-state index in [1.165, 1.54) is 5.56 Å². The number of carbonyl (C=O) groups is 1. The van der Waals surface area contributed by atoms with Crippen molar-refractivity contribution in [3.63, 3.8) is 0 Å². The molecule has 0 N–H and O–H groups in total. The summed E-state index contributed by atoms with van der Waals surface area (Å²) in [6.07, 6.45) is 2.31. The molecular weight excluding hydrogens is 450 g/mol. The average molecular weight is 484 g/mol. The van der Waals surface area contributed by atoms with Crippen LogP contribution in [0.2, 0.25) is 0 Å². The number of carbonyl (C=O) groups excluding carboxylic acids is 1. The fraction of sp³-hybridized carbons (Fsp3) is 0.333. The third-order valence-corrected chi connectivity index (χ3v) is 6.76. The maximum absolute atomic E-state index is 13.1. The minimum absolute atomic E-state index is 0.0158. The van der Waals surface area contributed by atoms with Crippen LogP contribution in [0, 0.1) is 0 Å². The molecule has 0 bridgehead atoms. The highest BCUT2D eigenvalue weighted by Gasteiger charge is 2.35. The molecule has 186 valence electrons. The zero-order chi connectivity index (χ0) is 24.9. The molecule has 1 amide bonds.